The van der Waals surface area contributed by atoms with Crippen molar-refractivity contribution in [2.75, 3.05) is 6.54 Å². The Morgan fingerprint density at radius 2 is 1.42 bits per heavy atom. The first-order valence-electron chi connectivity index (χ1n) is 8.79. The first kappa shape index (κ1) is 15.2. The smallest absolute Gasteiger partial charge is 0.0240 e. The molecule has 1 aliphatic heterocycles. The summed E-state index contributed by atoms with van der Waals surface area (Å²) in [5, 5.41) is 0. The van der Waals surface area contributed by atoms with Crippen LogP contribution in [0.2, 0.25) is 0 Å². The summed E-state index contributed by atoms with van der Waals surface area (Å²) in [4.78, 5) is 2.58. The van der Waals surface area contributed by atoms with E-state index in [1.165, 1.54) is 28.7 Å². The number of hydrogen-bond donors (Lipinski definition) is 0. The van der Waals surface area contributed by atoms with E-state index in [-0.39, 0.29) is 0 Å². The monoisotopic (exact) mass is 313 g/mol. The summed E-state index contributed by atoms with van der Waals surface area (Å²) in [5.74, 6) is 0.503. The first-order chi connectivity index (χ1) is 11.9. The van der Waals surface area contributed by atoms with Gasteiger partial charge in [-0.25, -0.2) is 0 Å². The maximum absolute atomic E-state index is 2.58. The predicted octanol–water partition coefficient (Wildman–Crippen LogP) is 5.22. The molecule has 0 N–H and O–H groups in total. The van der Waals surface area contributed by atoms with Gasteiger partial charge in [0.05, 0.1) is 0 Å². The number of fused-ring (bicyclic) bond motifs is 1. The lowest BCUT2D eigenvalue weighted by Crippen LogP contribution is -2.22. The molecule has 3 aromatic carbocycles. The molecule has 3 aromatic rings. The first-order valence-corrected chi connectivity index (χ1v) is 8.79. The highest BCUT2D eigenvalue weighted by Crippen LogP contribution is 2.34. The standard InChI is InChI=1S/C23H23N/c1-3-9-19(10-4-1)17-24-16-15-23(20-11-5-2-6-12-20)22-14-8-7-13-21(22)18-24/h1-14,23H,15-18H2. The van der Waals surface area contributed by atoms with Gasteiger partial charge in [-0.05, 0) is 35.2 Å². The second-order valence-corrected chi connectivity index (χ2v) is 6.65. The van der Waals surface area contributed by atoms with E-state index in [9.17, 15) is 0 Å². The fourth-order valence-electron chi connectivity index (χ4n) is 3.81. The molecule has 0 saturated heterocycles. The van der Waals surface area contributed by atoms with Crippen molar-refractivity contribution in [1.82, 2.24) is 4.90 Å². The van der Waals surface area contributed by atoms with Crippen LogP contribution in [0, 0.1) is 0 Å². The number of rotatable bonds is 3. The van der Waals surface area contributed by atoms with E-state index in [1.54, 1.807) is 0 Å². The molecule has 0 spiro atoms. The van der Waals surface area contributed by atoms with Crippen LogP contribution in [0.1, 0.15) is 34.6 Å². The van der Waals surface area contributed by atoms with E-state index >= 15 is 0 Å². The summed E-state index contributed by atoms with van der Waals surface area (Å²) in [6, 6.07) is 30.7. The van der Waals surface area contributed by atoms with Gasteiger partial charge < -0.3 is 0 Å². The van der Waals surface area contributed by atoms with Gasteiger partial charge in [0, 0.05) is 19.0 Å². The summed E-state index contributed by atoms with van der Waals surface area (Å²) in [7, 11) is 0. The largest absolute Gasteiger partial charge is 0.295 e. The average Bonchev–Trinajstić information content (AvgIpc) is 2.82. The zero-order chi connectivity index (χ0) is 16.2. The van der Waals surface area contributed by atoms with E-state index in [2.05, 4.69) is 89.8 Å². The zero-order valence-electron chi connectivity index (χ0n) is 13.9. The topological polar surface area (TPSA) is 3.24 Å². The van der Waals surface area contributed by atoms with Crippen molar-refractivity contribution in [2.45, 2.75) is 25.4 Å². The third-order valence-electron chi connectivity index (χ3n) is 5.01. The highest BCUT2D eigenvalue weighted by Gasteiger charge is 2.23. The molecule has 120 valence electrons. The van der Waals surface area contributed by atoms with Gasteiger partial charge >= 0.3 is 0 Å². The van der Waals surface area contributed by atoms with Crippen molar-refractivity contribution >= 4 is 0 Å². The predicted molar refractivity (Wildman–Crippen MR) is 99.9 cm³/mol. The maximum Gasteiger partial charge on any atom is 0.0240 e. The highest BCUT2D eigenvalue weighted by molar-refractivity contribution is 5.39. The molecular formula is C23H23N. The summed E-state index contributed by atoms with van der Waals surface area (Å²) < 4.78 is 0. The van der Waals surface area contributed by atoms with Crippen LogP contribution in [0.25, 0.3) is 0 Å². The maximum atomic E-state index is 2.58. The second-order valence-electron chi connectivity index (χ2n) is 6.65. The van der Waals surface area contributed by atoms with Crippen molar-refractivity contribution < 1.29 is 0 Å². The molecule has 0 fully saturated rings. The minimum Gasteiger partial charge on any atom is -0.295 e. The van der Waals surface area contributed by atoms with Crippen molar-refractivity contribution in [3.05, 3.63) is 107 Å². The molecule has 0 aromatic heterocycles. The molecular weight excluding hydrogens is 290 g/mol. The lowest BCUT2D eigenvalue weighted by Gasteiger charge is -2.20. The summed E-state index contributed by atoms with van der Waals surface area (Å²) in [6.07, 6.45) is 1.17. The lowest BCUT2D eigenvalue weighted by atomic mass is 9.87. The Hall–Kier alpha value is -2.38. The van der Waals surface area contributed by atoms with Gasteiger partial charge in [-0.15, -0.1) is 0 Å². The molecule has 1 heteroatoms. The molecule has 1 unspecified atom stereocenters. The van der Waals surface area contributed by atoms with Crippen LogP contribution < -0.4 is 0 Å². The van der Waals surface area contributed by atoms with Gasteiger partial charge in [-0.1, -0.05) is 84.9 Å². The molecule has 4 rings (SSSR count). The molecule has 1 atom stereocenters. The molecule has 1 heterocycles. The minimum absolute atomic E-state index is 0.503. The van der Waals surface area contributed by atoms with Crippen LogP contribution in [0.4, 0.5) is 0 Å². The van der Waals surface area contributed by atoms with Crippen molar-refractivity contribution in [3.8, 4) is 0 Å². The van der Waals surface area contributed by atoms with E-state index in [0.29, 0.717) is 5.92 Å². The Kier molecular flexibility index (Phi) is 4.44. The molecule has 1 aliphatic rings. The molecule has 0 aliphatic carbocycles. The quantitative estimate of drug-likeness (QED) is 0.640. The van der Waals surface area contributed by atoms with Crippen LogP contribution in [-0.2, 0) is 13.1 Å². The number of hydrogen-bond acceptors (Lipinski definition) is 1. The second kappa shape index (κ2) is 7.02. The molecule has 0 saturated carbocycles. The molecule has 24 heavy (non-hydrogen) atoms. The van der Waals surface area contributed by atoms with Crippen LogP contribution in [0.5, 0.6) is 0 Å². The Morgan fingerprint density at radius 3 is 2.21 bits per heavy atom. The van der Waals surface area contributed by atoms with E-state index in [0.717, 1.165) is 19.6 Å². The zero-order valence-corrected chi connectivity index (χ0v) is 13.9. The van der Waals surface area contributed by atoms with E-state index in [4.69, 9.17) is 0 Å². The normalized spacial score (nSPS) is 17.9. The van der Waals surface area contributed by atoms with Gasteiger partial charge in [0.15, 0.2) is 0 Å². The van der Waals surface area contributed by atoms with Crippen molar-refractivity contribution in [3.63, 3.8) is 0 Å². The Bertz CT molecular complexity index is 779. The Balaban J connectivity index is 1.63. The molecule has 0 bridgehead atoms. The molecule has 1 nitrogen and oxygen atoms in total. The van der Waals surface area contributed by atoms with Crippen LogP contribution in [-0.4, -0.2) is 11.4 Å². The third-order valence-corrected chi connectivity index (χ3v) is 5.01. The van der Waals surface area contributed by atoms with E-state index < -0.39 is 0 Å². The Labute approximate surface area is 144 Å². The van der Waals surface area contributed by atoms with Crippen molar-refractivity contribution in [1.29, 1.82) is 0 Å². The minimum atomic E-state index is 0.503. The molecule has 0 radical (unpaired) electrons. The highest BCUT2D eigenvalue weighted by atomic mass is 15.1. The summed E-state index contributed by atoms with van der Waals surface area (Å²) in [6.45, 7) is 3.19. The van der Waals surface area contributed by atoms with Crippen molar-refractivity contribution in [2.24, 2.45) is 0 Å². The van der Waals surface area contributed by atoms with Crippen LogP contribution in [0.3, 0.4) is 0 Å². The van der Waals surface area contributed by atoms with Gasteiger partial charge in [0.2, 0.25) is 0 Å². The lowest BCUT2D eigenvalue weighted by molar-refractivity contribution is 0.258. The average molecular weight is 313 g/mol. The number of nitrogens with zero attached hydrogens (tertiary/aromatic N) is 1. The third kappa shape index (κ3) is 3.27. The summed E-state index contributed by atoms with van der Waals surface area (Å²) >= 11 is 0. The van der Waals surface area contributed by atoms with Gasteiger partial charge in [0.1, 0.15) is 0 Å². The fraction of sp³-hybridized carbons (Fsp3) is 0.217. The Morgan fingerprint density at radius 1 is 0.750 bits per heavy atom. The van der Waals surface area contributed by atoms with Gasteiger partial charge in [0.25, 0.3) is 0 Å². The SMILES string of the molecule is c1ccc(CN2CCC(c3ccccc3)c3ccccc3C2)cc1. The van der Waals surface area contributed by atoms with Gasteiger partial charge in [-0.3, -0.25) is 4.90 Å². The fourth-order valence-corrected chi connectivity index (χ4v) is 3.81. The van der Waals surface area contributed by atoms with E-state index in [1.807, 2.05) is 0 Å². The van der Waals surface area contributed by atoms with Crippen LogP contribution in [0.15, 0.2) is 84.9 Å². The summed E-state index contributed by atoms with van der Waals surface area (Å²) in [5.41, 5.74) is 5.80. The van der Waals surface area contributed by atoms with Crippen LogP contribution >= 0.6 is 0 Å². The molecule has 0 amide bonds. The number of benzene rings is 3. The van der Waals surface area contributed by atoms with Gasteiger partial charge in [-0.2, -0.15) is 0 Å².